The van der Waals surface area contributed by atoms with E-state index in [9.17, 15) is 14.7 Å². The lowest BCUT2D eigenvalue weighted by atomic mass is 10.1. The van der Waals surface area contributed by atoms with E-state index in [0.717, 1.165) is 5.56 Å². The zero-order valence-corrected chi connectivity index (χ0v) is 14.6. The van der Waals surface area contributed by atoms with Crippen LogP contribution in [0.1, 0.15) is 29.8 Å². The van der Waals surface area contributed by atoms with Crippen LogP contribution >= 0.6 is 11.6 Å². The minimum atomic E-state index is -0.662. The third-order valence-electron chi connectivity index (χ3n) is 3.15. The molecule has 7 heteroatoms. The molecule has 2 rings (SSSR count). The Morgan fingerprint density at radius 3 is 2.64 bits per heavy atom. The van der Waals surface area contributed by atoms with Gasteiger partial charge in [-0.05, 0) is 49.7 Å². The Kier molecular flexibility index (Phi) is 6.25. The van der Waals surface area contributed by atoms with Gasteiger partial charge in [-0.25, -0.2) is 0 Å². The maximum absolute atomic E-state index is 12.0. The Morgan fingerprint density at radius 2 is 1.92 bits per heavy atom. The smallest absolute Gasteiger partial charge is 0.273 e. The molecule has 0 saturated heterocycles. The number of halogens is 1. The van der Waals surface area contributed by atoms with Crippen LogP contribution in [0.2, 0.25) is 5.02 Å². The van der Waals surface area contributed by atoms with Crippen molar-refractivity contribution in [2.75, 3.05) is 0 Å². The molecular weight excluding hydrogens is 344 g/mol. The number of carbonyl (C=O) groups excluding carboxylic acids is 2. The number of hydrazine groups is 1. The lowest BCUT2D eigenvalue weighted by Crippen LogP contribution is -2.42. The summed E-state index contributed by atoms with van der Waals surface area (Å²) in [6.45, 7) is 3.83. The molecule has 2 aromatic rings. The van der Waals surface area contributed by atoms with Crippen molar-refractivity contribution in [3.63, 3.8) is 0 Å². The van der Waals surface area contributed by atoms with E-state index in [0.29, 0.717) is 10.8 Å². The van der Waals surface area contributed by atoms with E-state index >= 15 is 0 Å². The molecular formula is C18H19ClN2O4. The van der Waals surface area contributed by atoms with Gasteiger partial charge in [0.2, 0.25) is 5.91 Å². The third-order valence-corrected chi connectivity index (χ3v) is 3.39. The van der Waals surface area contributed by atoms with Gasteiger partial charge in [0.05, 0.1) is 18.1 Å². The summed E-state index contributed by atoms with van der Waals surface area (Å²) in [6.07, 6.45) is 0.102. The topological polar surface area (TPSA) is 87.7 Å². The Labute approximate surface area is 150 Å². The first kappa shape index (κ1) is 18.6. The quantitative estimate of drug-likeness (QED) is 0.714. The van der Waals surface area contributed by atoms with Crippen LogP contribution in [0.15, 0.2) is 42.5 Å². The maximum Gasteiger partial charge on any atom is 0.273 e. The number of carbonyl (C=O) groups is 2. The van der Waals surface area contributed by atoms with E-state index in [1.54, 1.807) is 18.2 Å². The molecule has 0 heterocycles. The molecule has 3 N–H and O–H groups in total. The number of rotatable bonds is 5. The van der Waals surface area contributed by atoms with Crippen LogP contribution in [0.5, 0.6) is 11.5 Å². The summed E-state index contributed by atoms with van der Waals surface area (Å²) in [5, 5.41) is 9.96. The monoisotopic (exact) mass is 362 g/mol. The van der Waals surface area contributed by atoms with Crippen LogP contribution in [0.4, 0.5) is 0 Å². The number of ether oxygens (including phenoxy) is 1. The molecule has 6 nitrogen and oxygen atoms in total. The van der Waals surface area contributed by atoms with Crippen molar-refractivity contribution in [1.82, 2.24) is 10.9 Å². The van der Waals surface area contributed by atoms with E-state index in [1.165, 1.54) is 18.2 Å². The van der Waals surface area contributed by atoms with Crippen molar-refractivity contribution in [2.45, 2.75) is 26.4 Å². The predicted octanol–water partition coefficient (Wildman–Crippen LogP) is 2.84. The van der Waals surface area contributed by atoms with E-state index in [2.05, 4.69) is 10.9 Å². The molecule has 0 aliphatic rings. The van der Waals surface area contributed by atoms with Crippen molar-refractivity contribution in [3.8, 4) is 11.5 Å². The van der Waals surface area contributed by atoms with Crippen molar-refractivity contribution in [2.24, 2.45) is 0 Å². The maximum atomic E-state index is 12.0. The number of benzene rings is 2. The summed E-state index contributed by atoms with van der Waals surface area (Å²) in [5.41, 5.74) is 5.27. The fourth-order valence-corrected chi connectivity index (χ4v) is 2.29. The van der Waals surface area contributed by atoms with Gasteiger partial charge in [-0.3, -0.25) is 20.4 Å². The summed E-state index contributed by atoms with van der Waals surface area (Å²) in [6, 6.07) is 11.2. The molecule has 0 aliphatic heterocycles. The van der Waals surface area contributed by atoms with E-state index in [-0.39, 0.29) is 23.8 Å². The summed E-state index contributed by atoms with van der Waals surface area (Å²) in [4.78, 5) is 24.0. The highest BCUT2D eigenvalue weighted by molar-refractivity contribution is 6.31. The summed E-state index contributed by atoms with van der Waals surface area (Å²) in [7, 11) is 0. The number of hydrogen-bond acceptors (Lipinski definition) is 4. The molecule has 132 valence electrons. The molecule has 0 bridgehead atoms. The molecule has 2 amide bonds. The minimum absolute atomic E-state index is 0.0277. The normalized spacial score (nSPS) is 10.4. The van der Waals surface area contributed by atoms with Gasteiger partial charge in [-0.1, -0.05) is 23.7 Å². The van der Waals surface area contributed by atoms with Crippen LogP contribution in [-0.4, -0.2) is 23.0 Å². The molecule has 0 saturated carbocycles. The summed E-state index contributed by atoms with van der Waals surface area (Å²) >= 11 is 5.79. The number of hydrogen-bond donors (Lipinski definition) is 3. The molecule has 0 unspecified atom stereocenters. The molecule has 0 radical (unpaired) electrons. The van der Waals surface area contributed by atoms with Crippen molar-refractivity contribution in [3.05, 3.63) is 58.6 Å². The zero-order chi connectivity index (χ0) is 18.4. The van der Waals surface area contributed by atoms with Crippen LogP contribution in [0.25, 0.3) is 0 Å². The van der Waals surface area contributed by atoms with E-state index in [4.69, 9.17) is 16.3 Å². The van der Waals surface area contributed by atoms with Gasteiger partial charge in [-0.2, -0.15) is 0 Å². The van der Waals surface area contributed by atoms with E-state index < -0.39 is 11.8 Å². The van der Waals surface area contributed by atoms with Gasteiger partial charge in [0.15, 0.2) is 0 Å². The standard InChI is InChI=1S/C18H19ClN2O4/c1-11(2)25-14-5-3-4-12(8-14)9-17(23)20-21-18(24)15-10-13(19)6-7-16(15)22/h3-8,10-11,22H,9H2,1-2H3,(H,20,23)(H,21,24). The van der Waals surface area contributed by atoms with Crippen LogP contribution in [-0.2, 0) is 11.2 Å². The highest BCUT2D eigenvalue weighted by Gasteiger charge is 2.13. The van der Waals surface area contributed by atoms with Crippen molar-refractivity contribution < 1.29 is 19.4 Å². The van der Waals surface area contributed by atoms with Gasteiger partial charge < -0.3 is 9.84 Å². The Morgan fingerprint density at radius 1 is 1.16 bits per heavy atom. The highest BCUT2D eigenvalue weighted by atomic mass is 35.5. The van der Waals surface area contributed by atoms with Gasteiger partial charge >= 0.3 is 0 Å². The lowest BCUT2D eigenvalue weighted by molar-refractivity contribution is -0.121. The van der Waals surface area contributed by atoms with Crippen molar-refractivity contribution >= 4 is 23.4 Å². The van der Waals surface area contributed by atoms with Crippen LogP contribution in [0, 0.1) is 0 Å². The second kappa shape index (κ2) is 8.39. The highest BCUT2D eigenvalue weighted by Crippen LogP contribution is 2.21. The third kappa shape index (κ3) is 5.69. The SMILES string of the molecule is CC(C)Oc1cccc(CC(=O)NNC(=O)c2cc(Cl)ccc2O)c1. The Balaban J connectivity index is 1.92. The average Bonchev–Trinajstić information content (AvgIpc) is 2.54. The van der Waals surface area contributed by atoms with Gasteiger partial charge in [0, 0.05) is 5.02 Å². The number of phenolic OH excluding ortho intramolecular Hbond substituents is 1. The largest absolute Gasteiger partial charge is 0.507 e. The average molecular weight is 363 g/mol. The Bertz CT molecular complexity index is 777. The second-order valence-electron chi connectivity index (χ2n) is 5.65. The summed E-state index contributed by atoms with van der Waals surface area (Å²) in [5.74, 6) is -0.621. The summed E-state index contributed by atoms with van der Waals surface area (Å²) < 4.78 is 5.58. The number of phenols is 1. The first-order valence-electron chi connectivity index (χ1n) is 7.68. The zero-order valence-electron chi connectivity index (χ0n) is 13.9. The minimum Gasteiger partial charge on any atom is -0.507 e. The Hall–Kier alpha value is -2.73. The molecule has 25 heavy (non-hydrogen) atoms. The molecule has 0 aliphatic carbocycles. The number of aromatic hydroxyl groups is 1. The van der Waals surface area contributed by atoms with Gasteiger partial charge in [0.1, 0.15) is 11.5 Å². The van der Waals surface area contributed by atoms with Crippen LogP contribution in [0.3, 0.4) is 0 Å². The molecule has 0 fully saturated rings. The number of amides is 2. The van der Waals surface area contributed by atoms with Gasteiger partial charge in [-0.15, -0.1) is 0 Å². The lowest BCUT2D eigenvalue weighted by Gasteiger charge is -2.11. The first-order valence-corrected chi connectivity index (χ1v) is 8.06. The van der Waals surface area contributed by atoms with Gasteiger partial charge in [0.25, 0.3) is 5.91 Å². The van der Waals surface area contributed by atoms with E-state index in [1.807, 2.05) is 19.9 Å². The molecule has 0 aromatic heterocycles. The predicted molar refractivity (Wildman–Crippen MR) is 94.6 cm³/mol. The number of nitrogens with one attached hydrogen (secondary N) is 2. The van der Waals surface area contributed by atoms with Crippen molar-refractivity contribution in [1.29, 1.82) is 0 Å². The first-order chi connectivity index (χ1) is 11.8. The molecule has 2 aromatic carbocycles. The molecule has 0 spiro atoms. The molecule has 0 atom stereocenters. The van der Waals surface area contributed by atoms with Crippen LogP contribution < -0.4 is 15.6 Å². The fourth-order valence-electron chi connectivity index (χ4n) is 2.11. The fraction of sp³-hybridized carbons (Fsp3) is 0.222. The second-order valence-corrected chi connectivity index (χ2v) is 6.09.